The van der Waals surface area contributed by atoms with Gasteiger partial charge in [-0.25, -0.2) is 0 Å². The van der Waals surface area contributed by atoms with Crippen LogP contribution in [0.5, 0.6) is 5.75 Å². The molecule has 0 aliphatic rings. The van der Waals surface area contributed by atoms with Crippen LogP contribution < -0.4 is 15.4 Å². The number of amides is 2. The number of ether oxygens (including phenoxy) is 1. The normalized spacial score (nSPS) is 10.6. The molecule has 6 heteroatoms. The van der Waals surface area contributed by atoms with Crippen molar-refractivity contribution in [2.75, 3.05) is 17.2 Å². The van der Waals surface area contributed by atoms with Crippen LogP contribution in [-0.2, 0) is 9.59 Å². The molecule has 0 saturated heterocycles. The molecule has 0 radical (unpaired) electrons. The van der Waals surface area contributed by atoms with Crippen molar-refractivity contribution < 1.29 is 14.3 Å². The summed E-state index contributed by atoms with van der Waals surface area (Å²) in [5.41, 5.74) is 2.26. The maximum absolute atomic E-state index is 12.1. The summed E-state index contributed by atoms with van der Waals surface area (Å²) in [6.45, 7) is 6.02. The van der Waals surface area contributed by atoms with Gasteiger partial charge in [0.2, 0.25) is 11.8 Å². The van der Waals surface area contributed by atoms with Crippen LogP contribution in [0.25, 0.3) is 0 Å². The molecule has 0 bridgehead atoms. The molecule has 2 amide bonds. The van der Waals surface area contributed by atoms with Crippen molar-refractivity contribution in [1.82, 2.24) is 0 Å². The molecule has 0 atom stereocenters. The highest BCUT2D eigenvalue weighted by Crippen LogP contribution is 2.21. The number of nitrogens with one attached hydrogen (secondary N) is 2. The predicted molar refractivity (Wildman–Crippen MR) is 109 cm³/mol. The first-order chi connectivity index (χ1) is 12.8. The van der Waals surface area contributed by atoms with Gasteiger partial charge in [0, 0.05) is 28.7 Å². The summed E-state index contributed by atoms with van der Waals surface area (Å²) in [4.78, 5) is 23.8. The average molecular weight is 389 g/mol. The second-order valence-corrected chi connectivity index (χ2v) is 7.04. The minimum Gasteiger partial charge on any atom is -0.494 e. The van der Waals surface area contributed by atoms with Crippen molar-refractivity contribution >= 4 is 34.8 Å². The molecule has 0 aliphatic heterocycles. The zero-order chi connectivity index (χ0) is 19.8. The zero-order valence-electron chi connectivity index (χ0n) is 15.8. The SMILES string of the molecule is Cc1cc(OCCCC(=O)Nc2cccc(NC(=O)C(C)C)c2)ccc1Cl. The largest absolute Gasteiger partial charge is 0.494 e. The number of anilines is 2. The highest BCUT2D eigenvalue weighted by atomic mass is 35.5. The fourth-order valence-electron chi connectivity index (χ4n) is 2.31. The third kappa shape index (κ3) is 6.94. The Morgan fingerprint density at radius 1 is 1.07 bits per heavy atom. The molecule has 2 aromatic rings. The molecule has 0 fully saturated rings. The molecule has 5 nitrogen and oxygen atoms in total. The van der Waals surface area contributed by atoms with Crippen molar-refractivity contribution in [2.45, 2.75) is 33.6 Å². The van der Waals surface area contributed by atoms with Crippen LogP contribution in [0, 0.1) is 12.8 Å². The highest BCUT2D eigenvalue weighted by Gasteiger charge is 2.08. The van der Waals surface area contributed by atoms with Crippen molar-refractivity contribution in [1.29, 1.82) is 0 Å². The summed E-state index contributed by atoms with van der Waals surface area (Å²) >= 11 is 5.98. The molecule has 27 heavy (non-hydrogen) atoms. The number of hydrogen-bond donors (Lipinski definition) is 2. The number of halogens is 1. The second kappa shape index (κ2) is 9.97. The first-order valence-electron chi connectivity index (χ1n) is 8.95. The Bertz CT molecular complexity index is 806. The fraction of sp³-hybridized carbons (Fsp3) is 0.333. The minimum atomic E-state index is -0.104. The van der Waals surface area contributed by atoms with Crippen LogP contribution in [0.1, 0.15) is 32.3 Å². The van der Waals surface area contributed by atoms with Gasteiger partial charge in [-0.15, -0.1) is 0 Å². The number of aryl methyl sites for hydroxylation is 1. The van der Waals surface area contributed by atoms with Gasteiger partial charge in [-0.05, 0) is 55.3 Å². The van der Waals surface area contributed by atoms with E-state index < -0.39 is 0 Å². The molecule has 144 valence electrons. The molecule has 0 heterocycles. The average Bonchev–Trinajstić information content (AvgIpc) is 2.62. The van der Waals surface area contributed by atoms with E-state index in [1.54, 1.807) is 30.3 Å². The lowest BCUT2D eigenvalue weighted by atomic mass is 10.2. The molecular weight excluding hydrogens is 364 g/mol. The maximum atomic E-state index is 12.1. The third-order valence-corrected chi connectivity index (χ3v) is 4.31. The van der Waals surface area contributed by atoms with Gasteiger partial charge in [0.25, 0.3) is 0 Å². The molecule has 0 aliphatic carbocycles. The van der Waals surface area contributed by atoms with E-state index in [1.165, 1.54) is 0 Å². The van der Waals surface area contributed by atoms with Crippen LogP contribution in [0.2, 0.25) is 5.02 Å². The van der Waals surface area contributed by atoms with Crippen molar-refractivity contribution in [3.63, 3.8) is 0 Å². The van der Waals surface area contributed by atoms with Crippen molar-refractivity contribution in [3.05, 3.63) is 53.1 Å². The lowest BCUT2D eigenvalue weighted by Gasteiger charge is -2.11. The van der Waals surface area contributed by atoms with Crippen LogP contribution in [0.15, 0.2) is 42.5 Å². The monoisotopic (exact) mass is 388 g/mol. The number of carbonyl (C=O) groups is 2. The summed E-state index contributed by atoms with van der Waals surface area (Å²) < 4.78 is 5.64. The van der Waals surface area contributed by atoms with Crippen LogP contribution in [-0.4, -0.2) is 18.4 Å². The summed E-state index contributed by atoms with van der Waals surface area (Å²) in [5.74, 6) is 0.477. The molecule has 0 unspecified atom stereocenters. The standard InChI is InChI=1S/C21H25ClN2O3/c1-14(2)21(26)24-17-7-4-6-16(13-17)23-20(25)8-5-11-27-18-9-10-19(22)15(3)12-18/h4,6-7,9-10,12-14H,5,8,11H2,1-3H3,(H,23,25)(H,24,26). The molecule has 2 aromatic carbocycles. The summed E-state index contributed by atoms with van der Waals surface area (Å²) in [6, 6.07) is 12.6. The maximum Gasteiger partial charge on any atom is 0.226 e. The van der Waals surface area contributed by atoms with E-state index in [4.69, 9.17) is 16.3 Å². The van der Waals surface area contributed by atoms with E-state index in [2.05, 4.69) is 10.6 Å². The van der Waals surface area contributed by atoms with E-state index >= 15 is 0 Å². The molecule has 0 aromatic heterocycles. The highest BCUT2D eigenvalue weighted by molar-refractivity contribution is 6.31. The zero-order valence-corrected chi connectivity index (χ0v) is 16.6. The van der Waals surface area contributed by atoms with Gasteiger partial charge in [0.1, 0.15) is 5.75 Å². The number of benzene rings is 2. The minimum absolute atomic E-state index is 0.0620. The Kier molecular flexibility index (Phi) is 7.67. The van der Waals surface area contributed by atoms with E-state index in [-0.39, 0.29) is 17.7 Å². The Labute approximate surface area is 165 Å². The number of rotatable bonds is 8. The number of hydrogen-bond acceptors (Lipinski definition) is 3. The molecule has 2 N–H and O–H groups in total. The van der Waals surface area contributed by atoms with Gasteiger partial charge in [0.05, 0.1) is 6.61 Å². The van der Waals surface area contributed by atoms with Gasteiger partial charge < -0.3 is 15.4 Å². The van der Waals surface area contributed by atoms with Gasteiger partial charge in [-0.2, -0.15) is 0 Å². The molecule has 0 saturated carbocycles. The van der Waals surface area contributed by atoms with Crippen LogP contribution in [0.4, 0.5) is 11.4 Å². The van der Waals surface area contributed by atoms with Crippen molar-refractivity contribution in [3.8, 4) is 5.75 Å². The third-order valence-electron chi connectivity index (χ3n) is 3.88. The van der Waals surface area contributed by atoms with Gasteiger partial charge in [0.15, 0.2) is 0 Å². The van der Waals surface area contributed by atoms with E-state index in [1.807, 2.05) is 32.9 Å². The first kappa shape index (κ1) is 20.8. The van der Waals surface area contributed by atoms with Crippen molar-refractivity contribution in [2.24, 2.45) is 5.92 Å². The molecule has 0 spiro atoms. The Hall–Kier alpha value is -2.53. The fourth-order valence-corrected chi connectivity index (χ4v) is 2.43. The Balaban J connectivity index is 1.76. The first-order valence-corrected chi connectivity index (χ1v) is 9.32. The molecule has 2 rings (SSSR count). The summed E-state index contributed by atoms with van der Waals surface area (Å²) in [6.07, 6.45) is 0.937. The van der Waals surface area contributed by atoms with E-state index in [9.17, 15) is 9.59 Å². The second-order valence-electron chi connectivity index (χ2n) is 6.64. The molecular formula is C21H25ClN2O3. The Morgan fingerprint density at radius 2 is 1.78 bits per heavy atom. The topological polar surface area (TPSA) is 67.4 Å². The van der Waals surface area contributed by atoms with Gasteiger partial charge in [-0.3, -0.25) is 9.59 Å². The predicted octanol–water partition coefficient (Wildman–Crippen LogP) is 5.04. The lowest BCUT2D eigenvalue weighted by molar-refractivity contribution is -0.119. The van der Waals surface area contributed by atoms with E-state index in [0.717, 1.165) is 11.3 Å². The lowest BCUT2D eigenvalue weighted by Crippen LogP contribution is -2.18. The van der Waals surface area contributed by atoms with Gasteiger partial charge >= 0.3 is 0 Å². The quantitative estimate of drug-likeness (QED) is 0.622. The summed E-state index contributed by atoms with van der Waals surface area (Å²) in [5, 5.41) is 6.35. The van der Waals surface area contributed by atoms with E-state index in [0.29, 0.717) is 35.8 Å². The Morgan fingerprint density at radius 3 is 2.44 bits per heavy atom. The summed E-state index contributed by atoms with van der Waals surface area (Å²) in [7, 11) is 0. The number of carbonyl (C=O) groups excluding carboxylic acids is 2. The van der Waals surface area contributed by atoms with Crippen LogP contribution in [0.3, 0.4) is 0 Å². The van der Waals surface area contributed by atoms with Gasteiger partial charge in [-0.1, -0.05) is 31.5 Å². The van der Waals surface area contributed by atoms with Crippen LogP contribution >= 0.6 is 11.6 Å². The smallest absolute Gasteiger partial charge is 0.226 e.